The van der Waals surface area contributed by atoms with E-state index >= 15 is 0 Å². The van der Waals surface area contributed by atoms with Crippen molar-refractivity contribution in [2.24, 2.45) is 11.8 Å². The molecule has 0 aliphatic rings. The fraction of sp³-hybridized carbons (Fsp3) is 0.943. The average molecular weight is 835 g/mol. The molecule has 0 aliphatic heterocycles. The Hall–Kier alpha value is -1.59. The van der Waals surface area contributed by atoms with Gasteiger partial charge >= 0.3 is 17.9 Å². The molecule has 0 amide bonds. The zero-order valence-electron chi connectivity index (χ0n) is 40.4. The van der Waals surface area contributed by atoms with Gasteiger partial charge in [0, 0.05) is 19.3 Å². The van der Waals surface area contributed by atoms with E-state index in [1.165, 1.54) is 180 Å². The van der Waals surface area contributed by atoms with Gasteiger partial charge in [0.05, 0.1) is 0 Å². The topological polar surface area (TPSA) is 78.9 Å². The molecule has 2 unspecified atom stereocenters. The minimum atomic E-state index is -0.762. The lowest BCUT2D eigenvalue weighted by Gasteiger charge is -2.18. The van der Waals surface area contributed by atoms with Crippen molar-refractivity contribution in [1.29, 1.82) is 0 Å². The summed E-state index contributed by atoms with van der Waals surface area (Å²) in [4.78, 5) is 38.0. The van der Waals surface area contributed by atoms with Gasteiger partial charge in [-0.3, -0.25) is 14.4 Å². The number of unbranched alkanes of at least 4 members (excludes halogenated alkanes) is 30. The number of carbonyl (C=O) groups excluding carboxylic acids is 3. The number of esters is 3. The van der Waals surface area contributed by atoms with Crippen molar-refractivity contribution in [1.82, 2.24) is 0 Å². The van der Waals surface area contributed by atoms with Crippen LogP contribution in [0.2, 0.25) is 0 Å². The van der Waals surface area contributed by atoms with Crippen LogP contribution >= 0.6 is 0 Å². The van der Waals surface area contributed by atoms with Crippen molar-refractivity contribution in [3.8, 4) is 0 Å². The van der Waals surface area contributed by atoms with E-state index < -0.39 is 6.10 Å². The molecule has 0 radical (unpaired) electrons. The van der Waals surface area contributed by atoms with Crippen molar-refractivity contribution in [3.05, 3.63) is 0 Å². The molecule has 0 aliphatic carbocycles. The summed E-state index contributed by atoms with van der Waals surface area (Å²) in [6, 6.07) is 0. The molecule has 0 heterocycles. The highest BCUT2D eigenvalue weighted by atomic mass is 16.6. The molecule has 59 heavy (non-hydrogen) atoms. The summed E-state index contributed by atoms with van der Waals surface area (Å²) in [6.45, 7) is 11.4. The Morgan fingerprint density at radius 3 is 0.881 bits per heavy atom. The van der Waals surface area contributed by atoms with Crippen molar-refractivity contribution in [2.75, 3.05) is 13.2 Å². The number of carbonyl (C=O) groups is 3. The van der Waals surface area contributed by atoms with Crippen LogP contribution in [0.15, 0.2) is 0 Å². The van der Waals surface area contributed by atoms with Crippen molar-refractivity contribution >= 4 is 17.9 Å². The maximum absolute atomic E-state index is 12.8. The smallest absolute Gasteiger partial charge is 0.306 e. The van der Waals surface area contributed by atoms with Crippen molar-refractivity contribution in [2.45, 2.75) is 298 Å². The van der Waals surface area contributed by atoms with Gasteiger partial charge in [-0.05, 0) is 31.1 Å². The molecule has 0 N–H and O–H groups in total. The SMILES string of the molecule is CCCCCCCCCCCCCCCCCC(=O)OC[C@H](COC(=O)CCCCCCCCCCCCC(C)CC)OC(=O)CCCCCCCCCCC(C)CC. The molecule has 0 saturated carbocycles. The Kier molecular flexibility index (Phi) is 44.7. The molecule has 0 bridgehead atoms. The summed E-state index contributed by atoms with van der Waals surface area (Å²) in [5.74, 6) is 0.866. The third-order valence-electron chi connectivity index (χ3n) is 12.7. The standard InChI is InChI=1S/C53H102O6/c1-6-9-10-11-12-13-14-15-16-17-18-22-28-33-38-43-51(54)57-46-50(59-53(56)45-40-35-30-25-24-27-32-37-42-49(5)8-3)47-58-52(55)44-39-34-29-23-20-19-21-26-31-36-41-48(4)7-2/h48-50H,6-47H2,1-5H3/t48?,49?,50-/m1/s1. The van der Waals surface area contributed by atoms with Gasteiger partial charge in [-0.1, -0.05) is 253 Å². The second kappa shape index (κ2) is 45.9. The van der Waals surface area contributed by atoms with Gasteiger partial charge in [-0.2, -0.15) is 0 Å². The van der Waals surface area contributed by atoms with Crippen LogP contribution < -0.4 is 0 Å². The van der Waals surface area contributed by atoms with Gasteiger partial charge in [0.15, 0.2) is 6.10 Å². The van der Waals surface area contributed by atoms with Gasteiger partial charge < -0.3 is 14.2 Å². The van der Waals surface area contributed by atoms with E-state index in [4.69, 9.17) is 14.2 Å². The highest BCUT2D eigenvalue weighted by Crippen LogP contribution is 2.18. The highest BCUT2D eigenvalue weighted by Gasteiger charge is 2.19. The zero-order chi connectivity index (χ0) is 43.3. The second-order valence-electron chi connectivity index (χ2n) is 18.6. The second-order valence-corrected chi connectivity index (χ2v) is 18.6. The third kappa shape index (κ3) is 44.3. The summed E-state index contributed by atoms with van der Waals surface area (Å²) >= 11 is 0. The van der Waals surface area contributed by atoms with E-state index in [-0.39, 0.29) is 31.1 Å². The molecule has 0 saturated heterocycles. The molecule has 3 atom stereocenters. The molecule has 0 spiro atoms. The Bertz CT molecular complexity index is 904. The van der Waals surface area contributed by atoms with Gasteiger partial charge in [0.2, 0.25) is 0 Å². The normalized spacial score (nSPS) is 13.0. The lowest BCUT2D eigenvalue weighted by molar-refractivity contribution is -0.167. The predicted molar refractivity (Wildman–Crippen MR) is 252 cm³/mol. The molecule has 0 aromatic heterocycles. The molecule has 0 aromatic rings. The quantitative estimate of drug-likeness (QED) is 0.0345. The van der Waals surface area contributed by atoms with Gasteiger partial charge in [0.25, 0.3) is 0 Å². The van der Waals surface area contributed by atoms with E-state index in [0.717, 1.165) is 69.6 Å². The molecule has 0 rings (SSSR count). The molecule has 6 nitrogen and oxygen atoms in total. The first kappa shape index (κ1) is 57.4. The van der Waals surface area contributed by atoms with Gasteiger partial charge in [-0.25, -0.2) is 0 Å². The maximum atomic E-state index is 12.8. The summed E-state index contributed by atoms with van der Waals surface area (Å²) in [7, 11) is 0. The van der Waals surface area contributed by atoms with Crippen molar-refractivity contribution < 1.29 is 28.6 Å². The van der Waals surface area contributed by atoms with Crippen LogP contribution in [0.4, 0.5) is 0 Å². The van der Waals surface area contributed by atoms with E-state index in [1.54, 1.807) is 0 Å². The van der Waals surface area contributed by atoms with Crippen LogP contribution in [0.1, 0.15) is 291 Å². The molecule has 0 aromatic carbocycles. The van der Waals surface area contributed by atoms with E-state index in [9.17, 15) is 14.4 Å². The summed E-state index contributed by atoms with van der Waals surface area (Å²) in [5, 5.41) is 0. The molecule has 0 fully saturated rings. The highest BCUT2D eigenvalue weighted by molar-refractivity contribution is 5.71. The van der Waals surface area contributed by atoms with Crippen LogP contribution in [-0.2, 0) is 28.6 Å². The Morgan fingerprint density at radius 2 is 0.593 bits per heavy atom. The maximum Gasteiger partial charge on any atom is 0.306 e. The van der Waals surface area contributed by atoms with E-state index in [2.05, 4.69) is 34.6 Å². The lowest BCUT2D eigenvalue weighted by atomic mass is 9.99. The number of hydrogen-bond acceptors (Lipinski definition) is 6. The van der Waals surface area contributed by atoms with Crippen LogP contribution in [0.25, 0.3) is 0 Å². The fourth-order valence-corrected chi connectivity index (χ4v) is 7.93. The van der Waals surface area contributed by atoms with E-state index in [0.29, 0.717) is 19.3 Å². The summed E-state index contributed by atoms with van der Waals surface area (Å²) in [6.07, 6.45) is 46.5. The van der Waals surface area contributed by atoms with Gasteiger partial charge in [-0.15, -0.1) is 0 Å². The minimum absolute atomic E-state index is 0.0640. The Morgan fingerprint density at radius 1 is 0.339 bits per heavy atom. The van der Waals surface area contributed by atoms with Crippen molar-refractivity contribution in [3.63, 3.8) is 0 Å². The first-order chi connectivity index (χ1) is 28.8. The van der Waals surface area contributed by atoms with Crippen LogP contribution in [-0.4, -0.2) is 37.2 Å². The predicted octanol–water partition coefficient (Wildman–Crippen LogP) is 16.9. The Labute approximate surface area is 368 Å². The summed E-state index contributed by atoms with van der Waals surface area (Å²) in [5.41, 5.74) is 0. The molecular formula is C53H102O6. The summed E-state index contributed by atoms with van der Waals surface area (Å²) < 4.78 is 16.8. The first-order valence-corrected chi connectivity index (χ1v) is 26.3. The monoisotopic (exact) mass is 835 g/mol. The molecule has 6 heteroatoms. The number of hydrogen-bond donors (Lipinski definition) is 0. The Balaban J connectivity index is 4.32. The van der Waals surface area contributed by atoms with Crippen LogP contribution in [0.5, 0.6) is 0 Å². The van der Waals surface area contributed by atoms with E-state index in [1.807, 2.05) is 0 Å². The largest absolute Gasteiger partial charge is 0.462 e. The molecular weight excluding hydrogens is 733 g/mol. The van der Waals surface area contributed by atoms with Gasteiger partial charge in [0.1, 0.15) is 13.2 Å². The first-order valence-electron chi connectivity index (χ1n) is 26.3. The number of rotatable bonds is 47. The fourth-order valence-electron chi connectivity index (χ4n) is 7.93. The third-order valence-corrected chi connectivity index (χ3v) is 12.7. The zero-order valence-corrected chi connectivity index (χ0v) is 40.4. The van der Waals surface area contributed by atoms with Crippen LogP contribution in [0, 0.1) is 11.8 Å². The minimum Gasteiger partial charge on any atom is -0.462 e. The number of ether oxygens (including phenoxy) is 3. The lowest BCUT2D eigenvalue weighted by Crippen LogP contribution is -2.30. The average Bonchev–Trinajstić information content (AvgIpc) is 3.23. The van der Waals surface area contributed by atoms with Crippen LogP contribution in [0.3, 0.4) is 0 Å². The molecule has 350 valence electrons.